The lowest BCUT2D eigenvalue weighted by Crippen LogP contribution is -1.78. The third-order valence-corrected chi connectivity index (χ3v) is 7.50. The van der Waals surface area contributed by atoms with Crippen LogP contribution >= 0.6 is 11.8 Å². The average Bonchev–Trinajstić information content (AvgIpc) is 2.96. The van der Waals surface area contributed by atoms with Gasteiger partial charge in [0.25, 0.3) is 0 Å². The first kappa shape index (κ1) is 23.1. The summed E-state index contributed by atoms with van der Waals surface area (Å²) in [7, 11) is 0. The van der Waals surface area contributed by atoms with Crippen molar-refractivity contribution in [1.29, 1.82) is 0 Å². The molecule has 0 aliphatic rings. The number of hydrogen-bond donors (Lipinski definition) is 0. The molecule has 0 amide bonds. The summed E-state index contributed by atoms with van der Waals surface area (Å²) in [6.45, 7) is 0. The number of benzene rings is 6. The zero-order chi connectivity index (χ0) is 24.9. The highest BCUT2D eigenvalue weighted by atomic mass is 32.2. The molecule has 0 aliphatic carbocycles. The lowest BCUT2D eigenvalue weighted by Gasteiger charge is -2.04. The molecule has 0 spiro atoms. The third kappa shape index (κ3) is 5.74. The van der Waals surface area contributed by atoms with Crippen LogP contribution in [0.5, 0.6) is 0 Å². The molecule has 0 aromatic heterocycles. The standard InChI is InChI=1S/C36H26S/c1-3-7-33-25-29(13-19-31(33)5-1)11-9-27-15-21-35(22-16-27)37-36-23-17-28(18-24-36)10-12-30-14-20-32-6-2-4-8-34(32)26-30/h1-26H. The molecule has 0 atom stereocenters. The van der Waals surface area contributed by atoms with Gasteiger partial charge < -0.3 is 0 Å². The van der Waals surface area contributed by atoms with Gasteiger partial charge in [0, 0.05) is 9.79 Å². The van der Waals surface area contributed by atoms with Crippen molar-refractivity contribution < 1.29 is 0 Å². The van der Waals surface area contributed by atoms with Crippen LogP contribution in [0.25, 0.3) is 45.8 Å². The van der Waals surface area contributed by atoms with E-state index < -0.39 is 0 Å². The second-order valence-corrected chi connectivity index (χ2v) is 10.3. The van der Waals surface area contributed by atoms with E-state index in [9.17, 15) is 0 Å². The summed E-state index contributed by atoms with van der Waals surface area (Å²) in [5, 5.41) is 5.09. The highest BCUT2D eigenvalue weighted by molar-refractivity contribution is 7.99. The van der Waals surface area contributed by atoms with E-state index in [4.69, 9.17) is 0 Å². The Hall–Kier alpha value is -4.33. The average molecular weight is 491 g/mol. The molecule has 0 fully saturated rings. The molecule has 0 heterocycles. The van der Waals surface area contributed by atoms with Gasteiger partial charge in [-0.25, -0.2) is 0 Å². The third-order valence-electron chi connectivity index (χ3n) is 6.48. The van der Waals surface area contributed by atoms with Gasteiger partial charge in [-0.2, -0.15) is 0 Å². The molecular formula is C36H26S. The van der Waals surface area contributed by atoms with Crippen molar-refractivity contribution in [1.82, 2.24) is 0 Å². The maximum absolute atomic E-state index is 2.23. The van der Waals surface area contributed by atoms with Gasteiger partial charge in [0.05, 0.1) is 0 Å². The SMILES string of the molecule is C(=Cc1ccc2ccccc2c1)c1ccc(Sc2ccc(C=Cc3ccc4ccccc4c3)cc2)cc1. The minimum Gasteiger partial charge on any atom is -0.0901 e. The summed E-state index contributed by atoms with van der Waals surface area (Å²) in [6.07, 6.45) is 8.71. The van der Waals surface area contributed by atoms with Gasteiger partial charge >= 0.3 is 0 Å². The fourth-order valence-electron chi connectivity index (χ4n) is 4.44. The Morgan fingerprint density at radius 2 is 0.676 bits per heavy atom. The van der Waals surface area contributed by atoms with Crippen LogP contribution in [0.2, 0.25) is 0 Å². The number of hydrogen-bond acceptors (Lipinski definition) is 1. The molecule has 37 heavy (non-hydrogen) atoms. The van der Waals surface area contributed by atoms with E-state index in [0.29, 0.717) is 0 Å². The van der Waals surface area contributed by atoms with Gasteiger partial charge in [0.2, 0.25) is 0 Å². The molecule has 0 nitrogen and oxygen atoms in total. The smallest absolute Gasteiger partial charge is 0.0122 e. The van der Waals surface area contributed by atoms with Gasteiger partial charge in [-0.3, -0.25) is 0 Å². The van der Waals surface area contributed by atoms with E-state index in [0.717, 1.165) is 0 Å². The maximum Gasteiger partial charge on any atom is 0.0122 e. The van der Waals surface area contributed by atoms with Crippen molar-refractivity contribution in [2.75, 3.05) is 0 Å². The molecule has 6 aromatic rings. The molecule has 1 heteroatoms. The highest BCUT2D eigenvalue weighted by Crippen LogP contribution is 2.29. The Bertz CT molecular complexity index is 1590. The van der Waals surface area contributed by atoms with Crippen LogP contribution in [0.1, 0.15) is 22.3 Å². The molecule has 6 rings (SSSR count). The Kier molecular flexibility index (Phi) is 6.70. The van der Waals surface area contributed by atoms with E-state index in [-0.39, 0.29) is 0 Å². The molecule has 0 saturated heterocycles. The first-order valence-electron chi connectivity index (χ1n) is 12.5. The van der Waals surface area contributed by atoms with Gasteiger partial charge in [-0.05, 0) is 80.2 Å². The first-order chi connectivity index (χ1) is 18.3. The van der Waals surface area contributed by atoms with Gasteiger partial charge in [0.1, 0.15) is 0 Å². The Morgan fingerprint density at radius 1 is 0.324 bits per heavy atom. The van der Waals surface area contributed by atoms with Crippen LogP contribution in [0.3, 0.4) is 0 Å². The topological polar surface area (TPSA) is 0 Å². The van der Waals surface area contributed by atoms with Crippen LogP contribution in [-0.4, -0.2) is 0 Å². The number of rotatable bonds is 6. The van der Waals surface area contributed by atoms with Gasteiger partial charge in [-0.1, -0.05) is 133 Å². The summed E-state index contributed by atoms with van der Waals surface area (Å²) in [6, 6.07) is 47.6. The molecule has 0 unspecified atom stereocenters. The molecule has 0 radical (unpaired) electrons. The Labute approximate surface area is 222 Å². The molecule has 0 aliphatic heterocycles. The van der Waals surface area contributed by atoms with E-state index in [2.05, 4.69) is 158 Å². The Morgan fingerprint density at radius 3 is 1.11 bits per heavy atom. The zero-order valence-corrected chi connectivity index (χ0v) is 21.2. The van der Waals surface area contributed by atoms with Crippen molar-refractivity contribution in [3.63, 3.8) is 0 Å². The number of fused-ring (bicyclic) bond motifs is 2. The van der Waals surface area contributed by atoms with E-state index in [1.165, 1.54) is 53.6 Å². The van der Waals surface area contributed by atoms with Crippen LogP contribution in [0.15, 0.2) is 143 Å². The van der Waals surface area contributed by atoms with E-state index in [1.54, 1.807) is 11.8 Å². The zero-order valence-electron chi connectivity index (χ0n) is 20.4. The minimum atomic E-state index is 1.20. The van der Waals surface area contributed by atoms with Crippen LogP contribution in [0.4, 0.5) is 0 Å². The normalized spacial score (nSPS) is 11.7. The monoisotopic (exact) mass is 490 g/mol. The highest BCUT2D eigenvalue weighted by Gasteiger charge is 1.99. The largest absolute Gasteiger partial charge is 0.0901 e. The van der Waals surface area contributed by atoms with Gasteiger partial charge in [0.15, 0.2) is 0 Å². The lowest BCUT2D eigenvalue weighted by atomic mass is 10.1. The fraction of sp³-hybridized carbons (Fsp3) is 0. The van der Waals surface area contributed by atoms with Crippen LogP contribution < -0.4 is 0 Å². The first-order valence-corrected chi connectivity index (χ1v) is 13.3. The second-order valence-electron chi connectivity index (χ2n) is 9.12. The molecule has 0 saturated carbocycles. The second kappa shape index (κ2) is 10.7. The van der Waals surface area contributed by atoms with Gasteiger partial charge in [-0.15, -0.1) is 0 Å². The summed E-state index contributed by atoms with van der Waals surface area (Å²) < 4.78 is 0. The van der Waals surface area contributed by atoms with E-state index in [1.807, 2.05) is 0 Å². The van der Waals surface area contributed by atoms with Crippen molar-refractivity contribution in [3.05, 3.63) is 156 Å². The quantitative estimate of drug-likeness (QED) is 0.209. The van der Waals surface area contributed by atoms with Crippen LogP contribution in [0, 0.1) is 0 Å². The fourth-order valence-corrected chi connectivity index (χ4v) is 5.25. The summed E-state index contributed by atoms with van der Waals surface area (Å²) >= 11 is 1.79. The maximum atomic E-state index is 2.23. The van der Waals surface area contributed by atoms with E-state index >= 15 is 0 Å². The van der Waals surface area contributed by atoms with Crippen molar-refractivity contribution in [2.24, 2.45) is 0 Å². The van der Waals surface area contributed by atoms with Crippen molar-refractivity contribution >= 4 is 57.6 Å². The van der Waals surface area contributed by atoms with Crippen LogP contribution in [-0.2, 0) is 0 Å². The van der Waals surface area contributed by atoms with Crippen molar-refractivity contribution in [2.45, 2.75) is 9.79 Å². The van der Waals surface area contributed by atoms with Crippen molar-refractivity contribution in [3.8, 4) is 0 Å². The predicted molar refractivity (Wildman–Crippen MR) is 163 cm³/mol. The lowest BCUT2D eigenvalue weighted by molar-refractivity contribution is 1.40. The Balaban J connectivity index is 1.08. The molecule has 6 aromatic carbocycles. The summed E-state index contributed by atoms with van der Waals surface area (Å²) in [5.74, 6) is 0. The molecule has 176 valence electrons. The predicted octanol–water partition coefficient (Wildman–Crippen LogP) is 10.5. The summed E-state index contributed by atoms with van der Waals surface area (Å²) in [5.41, 5.74) is 4.83. The molecular weight excluding hydrogens is 464 g/mol. The minimum absolute atomic E-state index is 1.20. The molecule has 0 N–H and O–H groups in total. The molecule has 0 bridgehead atoms. The summed E-state index contributed by atoms with van der Waals surface area (Å²) in [4.78, 5) is 2.48.